The van der Waals surface area contributed by atoms with Crippen molar-refractivity contribution in [2.75, 3.05) is 6.61 Å². The standard InChI is InChI=1S/C28H25BrN2O6/c1-3-36-24-14-20(12-22(29)25(24)37-16-19-5-4-6-21(11-19)27(33)34)13-23-26(32)31(28(35)30-23)15-18-9-7-17(2)8-10-18/h4-14H,3,15-16H2,1-2H3,(H,30,35)(H,33,34)/b23-13+. The van der Waals surface area contributed by atoms with Crippen LogP contribution in [-0.4, -0.2) is 34.5 Å². The summed E-state index contributed by atoms with van der Waals surface area (Å²) in [5.41, 5.74) is 3.59. The summed E-state index contributed by atoms with van der Waals surface area (Å²) in [5.74, 6) is -0.557. The SMILES string of the molecule is CCOc1cc(/C=C2/NC(=O)N(Cc3ccc(C)cc3)C2=O)cc(Br)c1OCc1cccc(C(=O)O)c1. The molecular formula is C28H25BrN2O6. The van der Waals surface area contributed by atoms with Gasteiger partial charge >= 0.3 is 12.0 Å². The predicted molar refractivity (Wildman–Crippen MR) is 141 cm³/mol. The summed E-state index contributed by atoms with van der Waals surface area (Å²) in [4.78, 5) is 37.9. The maximum atomic E-state index is 13.0. The molecule has 1 saturated heterocycles. The first-order chi connectivity index (χ1) is 17.7. The molecule has 0 atom stereocenters. The Bertz CT molecular complexity index is 1380. The molecule has 0 aromatic heterocycles. The Hall–Kier alpha value is -4.11. The minimum absolute atomic E-state index is 0.128. The Balaban J connectivity index is 1.54. The molecule has 8 nitrogen and oxygen atoms in total. The number of imide groups is 1. The van der Waals surface area contributed by atoms with Gasteiger partial charge in [-0.2, -0.15) is 0 Å². The number of benzene rings is 3. The van der Waals surface area contributed by atoms with E-state index in [1.807, 2.05) is 38.1 Å². The number of carboxylic acids is 1. The van der Waals surface area contributed by atoms with E-state index in [0.29, 0.717) is 33.7 Å². The van der Waals surface area contributed by atoms with Crippen LogP contribution >= 0.6 is 15.9 Å². The molecule has 0 radical (unpaired) electrons. The molecule has 1 aliphatic heterocycles. The van der Waals surface area contributed by atoms with Gasteiger partial charge in [-0.25, -0.2) is 9.59 Å². The van der Waals surface area contributed by atoms with Crippen LogP contribution in [0.1, 0.15) is 39.5 Å². The van der Waals surface area contributed by atoms with Gasteiger partial charge in [-0.1, -0.05) is 42.0 Å². The quantitative estimate of drug-likeness (QED) is 0.261. The Morgan fingerprint density at radius 3 is 2.51 bits per heavy atom. The van der Waals surface area contributed by atoms with Gasteiger partial charge in [-0.15, -0.1) is 0 Å². The number of ether oxygens (including phenoxy) is 2. The van der Waals surface area contributed by atoms with Crippen molar-refractivity contribution in [2.24, 2.45) is 0 Å². The second-order valence-corrected chi connectivity index (χ2v) is 9.28. The first-order valence-corrected chi connectivity index (χ1v) is 12.4. The lowest BCUT2D eigenvalue weighted by atomic mass is 10.1. The second kappa shape index (κ2) is 11.3. The summed E-state index contributed by atoms with van der Waals surface area (Å²) in [5, 5.41) is 11.9. The molecule has 2 N–H and O–H groups in total. The topological polar surface area (TPSA) is 105 Å². The van der Waals surface area contributed by atoms with Gasteiger partial charge in [0.15, 0.2) is 11.5 Å². The molecule has 0 unspecified atom stereocenters. The number of carbonyl (C=O) groups is 3. The summed E-state index contributed by atoms with van der Waals surface area (Å²) < 4.78 is 12.3. The lowest BCUT2D eigenvalue weighted by Crippen LogP contribution is -2.30. The first kappa shape index (κ1) is 26.0. The van der Waals surface area contributed by atoms with Gasteiger partial charge in [-0.05, 0) is 76.8 Å². The molecule has 0 aliphatic carbocycles. The highest BCUT2D eigenvalue weighted by Gasteiger charge is 2.33. The van der Waals surface area contributed by atoms with E-state index in [2.05, 4.69) is 21.2 Å². The Kier molecular flexibility index (Phi) is 7.93. The van der Waals surface area contributed by atoms with Crippen LogP contribution in [0, 0.1) is 6.92 Å². The number of carbonyl (C=O) groups excluding carboxylic acids is 2. The normalized spacial score (nSPS) is 14.1. The summed E-state index contributed by atoms with van der Waals surface area (Å²) >= 11 is 3.51. The van der Waals surface area contributed by atoms with Crippen molar-refractivity contribution in [3.05, 3.63) is 98.7 Å². The first-order valence-electron chi connectivity index (χ1n) is 11.6. The number of aryl methyl sites for hydroxylation is 1. The summed E-state index contributed by atoms with van der Waals surface area (Å²) in [6.45, 7) is 4.48. The number of urea groups is 1. The van der Waals surface area contributed by atoms with Gasteiger partial charge in [0.05, 0.1) is 23.2 Å². The van der Waals surface area contributed by atoms with Crippen molar-refractivity contribution in [3.8, 4) is 11.5 Å². The average molecular weight is 565 g/mol. The van der Waals surface area contributed by atoms with Crippen LogP contribution < -0.4 is 14.8 Å². The Labute approximate surface area is 222 Å². The molecule has 3 aromatic carbocycles. The third-order valence-electron chi connectivity index (χ3n) is 5.62. The van der Waals surface area contributed by atoms with Crippen molar-refractivity contribution in [3.63, 3.8) is 0 Å². The van der Waals surface area contributed by atoms with Gasteiger partial charge in [0.2, 0.25) is 0 Å². The van der Waals surface area contributed by atoms with Gasteiger partial charge in [0.25, 0.3) is 5.91 Å². The van der Waals surface area contributed by atoms with Gasteiger partial charge in [-0.3, -0.25) is 9.69 Å². The zero-order valence-electron chi connectivity index (χ0n) is 20.3. The molecule has 37 heavy (non-hydrogen) atoms. The number of nitrogens with one attached hydrogen (secondary N) is 1. The monoisotopic (exact) mass is 564 g/mol. The smallest absolute Gasteiger partial charge is 0.335 e. The largest absolute Gasteiger partial charge is 0.490 e. The number of aromatic carboxylic acids is 1. The van der Waals surface area contributed by atoms with Crippen LogP contribution in [0.15, 0.2) is 70.8 Å². The van der Waals surface area contributed by atoms with Crippen LogP contribution in [0.25, 0.3) is 6.08 Å². The number of nitrogens with zero attached hydrogens (tertiary/aromatic N) is 1. The lowest BCUT2D eigenvalue weighted by Gasteiger charge is -2.15. The maximum Gasteiger partial charge on any atom is 0.335 e. The molecule has 0 spiro atoms. The van der Waals surface area contributed by atoms with Crippen molar-refractivity contribution < 1.29 is 29.0 Å². The summed E-state index contributed by atoms with van der Waals surface area (Å²) in [7, 11) is 0. The molecule has 3 amide bonds. The van der Waals surface area contributed by atoms with Gasteiger partial charge < -0.3 is 19.9 Å². The predicted octanol–water partition coefficient (Wildman–Crippen LogP) is 5.53. The zero-order chi connectivity index (χ0) is 26.5. The van der Waals surface area contributed by atoms with Crippen molar-refractivity contribution in [2.45, 2.75) is 27.0 Å². The average Bonchev–Trinajstić information content (AvgIpc) is 3.12. The van der Waals surface area contributed by atoms with E-state index in [9.17, 15) is 19.5 Å². The van der Waals surface area contributed by atoms with Crippen LogP contribution in [-0.2, 0) is 17.9 Å². The molecule has 1 fully saturated rings. The van der Waals surface area contributed by atoms with Crippen LogP contribution in [0.5, 0.6) is 11.5 Å². The lowest BCUT2D eigenvalue weighted by molar-refractivity contribution is -0.123. The molecule has 190 valence electrons. The molecule has 9 heteroatoms. The number of hydrogen-bond donors (Lipinski definition) is 2. The van der Waals surface area contributed by atoms with Gasteiger partial charge in [0.1, 0.15) is 12.3 Å². The van der Waals surface area contributed by atoms with Crippen LogP contribution in [0.4, 0.5) is 4.79 Å². The number of carboxylic acid groups (broad SMARTS) is 1. The zero-order valence-corrected chi connectivity index (χ0v) is 21.9. The molecule has 3 aromatic rings. The number of rotatable bonds is 9. The number of amides is 3. The molecule has 4 rings (SSSR count). The van der Waals surface area contributed by atoms with Crippen LogP contribution in [0.2, 0.25) is 0 Å². The van der Waals surface area contributed by atoms with E-state index in [0.717, 1.165) is 16.0 Å². The fourth-order valence-electron chi connectivity index (χ4n) is 3.78. The molecule has 1 aliphatic rings. The Morgan fingerprint density at radius 1 is 1.05 bits per heavy atom. The van der Waals surface area contributed by atoms with Crippen LogP contribution in [0.3, 0.4) is 0 Å². The summed E-state index contributed by atoms with van der Waals surface area (Å²) in [6, 6.07) is 17.1. The minimum Gasteiger partial charge on any atom is -0.490 e. The van der Waals surface area contributed by atoms with E-state index in [1.165, 1.54) is 6.07 Å². The van der Waals surface area contributed by atoms with E-state index < -0.39 is 17.9 Å². The van der Waals surface area contributed by atoms with E-state index in [1.54, 1.807) is 36.4 Å². The fraction of sp³-hybridized carbons (Fsp3) is 0.179. The third kappa shape index (κ3) is 6.18. The summed E-state index contributed by atoms with van der Waals surface area (Å²) in [6.07, 6.45) is 1.59. The highest BCUT2D eigenvalue weighted by Crippen LogP contribution is 2.38. The highest BCUT2D eigenvalue weighted by molar-refractivity contribution is 9.10. The molecule has 0 saturated carbocycles. The number of hydrogen-bond acceptors (Lipinski definition) is 5. The third-order valence-corrected chi connectivity index (χ3v) is 6.21. The Morgan fingerprint density at radius 2 is 1.81 bits per heavy atom. The molecule has 0 bridgehead atoms. The molecular weight excluding hydrogens is 540 g/mol. The second-order valence-electron chi connectivity index (χ2n) is 8.42. The highest BCUT2D eigenvalue weighted by atomic mass is 79.9. The van der Waals surface area contributed by atoms with Crippen molar-refractivity contribution >= 4 is 39.9 Å². The van der Waals surface area contributed by atoms with E-state index in [-0.39, 0.29) is 24.4 Å². The van der Waals surface area contributed by atoms with Crippen molar-refractivity contribution in [1.29, 1.82) is 0 Å². The van der Waals surface area contributed by atoms with E-state index >= 15 is 0 Å². The van der Waals surface area contributed by atoms with E-state index in [4.69, 9.17) is 9.47 Å². The minimum atomic E-state index is -1.01. The maximum absolute atomic E-state index is 13.0. The molecule has 1 heterocycles. The van der Waals surface area contributed by atoms with Crippen molar-refractivity contribution in [1.82, 2.24) is 10.2 Å². The number of halogens is 1. The van der Waals surface area contributed by atoms with Gasteiger partial charge in [0, 0.05) is 0 Å². The fourth-order valence-corrected chi connectivity index (χ4v) is 4.36.